The van der Waals surface area contributed by atoms with Gasteiger partial charge in [-0.05, 0) is 62.2 Å². The van der Waals surface area contributed by atoms with Crippen LogP contribution in [0.3, 0.4) is 0 Å². The molecule has 0 radical (unpaired) electrons. The molecule has 0 fully saturated rings. The van der Waals surface area contributed by atoms with E-state index in [1.54, 1.807) is 12.3 Å². The quantitative estimate of drug-likeness (QED) is 0.594. The largest absolute Gasteiger partial charge is 0.372 e. The number of anilines is 3. The maximum atomic E-state index is 12.6. The van der Waals surface area contributed by atoms with Gasteiger partial charge in [0.15, 0.2) is 0 Å². The number of carbonyl (C=O) groups is 1. The molecule has 1 amide bonds. The second-order valence-electron chi connectivity index (χ2n) is 6.72. The lowest BCUT2D eigenvalue weighted by atomic mass is 10.1. The zero-order valence-corrected chi connectivity index (χ0v) is 17.1. The van der Waals surface area contributed by atoms with Crippen molar-refractivity contribution in [2.45, 2.75) is 27.3 Å². The molecular formula is C23H27N5O. The van der Waals surface area contributed by atoms with E-state index in [0.29, 0.717) is 18.2 Å². The Kier molecular flexibility index (Phi) is 6.79. The van der Waals surface area contributed by atoms with E-state index in [0.717, 1.165) is 24.5 Å². The molecule has 2 N–H and O–H groups in total. The van der Waals surface area contributed by atoms with Gasteiger partial charge in [-0.15, -0.1) is 0 Å². The summed E-state index contributed by atoms with van der Waals surface area (Å²) in [5.41, 5.74) is 4.55. The maximum Gasteiger partial charge on any atom is 0.274 e. The highest BCUT2D eigenvalue weighted by atomic mass is 16.1. The van der Waals surface area contributed by atoms with Crippen LogP contribution in [0.5, 0.6) is 0 Å². The zero-order chi connectivity index (χ0) is 20.6. The second-order valence-corrected chi connectivity index (χ2v) is 6.72. The standard InChI is InChI=1S/C23H27N5O/c1-4-28(5-2)20-12-10-19(11-13-20)26-22(29)21-14-15-24-23(27-21)25-16-18-9-7-6-8-17(18)3/h6-15H,4-5,16H2,1-3H3,(H,26,29)(H,24,25,27). The van der Waals surface area contributed by atoms with Crippen LogP contribution < -0.4 is 15.5 Å². The van der Waals surface area contributed by atoms with Gasteiger partial charge in [-0.25, -0.2) is 9.97 Å². The van der Waals surface area contributed by atoms with Crippen LogP contribution in [-0.2, 0) is 6.54 Å². The third kappa shape index (κ3) is 5.31. The zero-order valence-electron chi connectivity index (χ0n) is 17.1. The molecule has 0 bridgehead atoms. The van der Waals surface area contributed by atoms with Crippen LogP contribution in [-0.4, -0.2) is 29.0 Å². The number of nitrogens with zero attached hydrogens (tertiary/aromatic N) is 3. The summed E-state index contributed by atoms with van der Waals surface area (Å²) in [5, 5.41) is 6.08. The molecule has 2 aromatic carbocycles. The molecule has 0 atom stereocenters. The van der Waals surface area contributed by atoms with E-state index in [1.165, 1.54) is 11.1 Å². The monoisotopic (exact) mass is 389 g/mol. The summed E-state index contributed by atoms with van der Waals surface area (Å²) in [6.07, 6.45) is 1.59. The topological polar surface area (TPSA) is 70.2 Å². The molecular weight excluding hydrogens is 362 g/mol. The van der Waals surface area contributed by atoms with Gasteiger partial charge in [-0.1, -0.05) is 24.3 Å². The van der Waals surface area contributed by atoms with Crippen molar-refractivity contribution in [3.8, 4) is 0 Å². The Labute approximate surface area is 172 Å². The Hall–Kier alpha value is -3.41. The van der Waals surface area contributed by atoms with Crippen molar-refractivity contribution in [2.75, 3.05) is 28.6 Å². The SMILES string of the molecule is CCN(CC)c1ccc(NC(=O)c2ccnc(NCc3ccccc3C)n2)cc1. The van der Waals surface area contributed by atoms with Crippen LogP contribution in [0.2, 0.25) is 0 Å². The highest BCUT2D eigenvalue weighted by molar-refractivity contribution is 6.03. The fraction of sp³-hybridized carbons (Fsp3) is 0.261. The van der Waals surface area contributed by atoms with Crippen molar-refractivity contribution in [2.24, 2.45) is 0 Å². The van der Waals surface area contributed by atoms with Crippen LogP contribution in [0.4, 0.5) is 17.3 Å². The van der Waals surface area contributed by atoms with Gasteiger partial charge in [-0.2, -0.15) is 0 Å². The van der Waals surface area contributed by atoms with E-state index in [1.807, 2.05) is 36.4 Å². The fourth-order valence-corrected chi connectivity index (χ4v) is 3.09. The van der Waals surface area contributed by atoms with Gasteiger partial charge >= 0.3 is 0 Å². The highest BCUT2D eigenvalue weighted by Crippen LogP contribution is 2.18. The molecule has 1 aromatic heterocycles. The second kappa shape index (κ2) is 9.68. The van der Waals surface area contributed by atoms with Crippen LogP contribution in [0, 0.1) is 6.92 Å². The predicted octanol–water partition coefficient (Wildman–Crippen LogP) is 4.50. The molecule has 3 rings (SSSR count). The first-order valence-corrected chi connectivity index (χ1v) is 9.88. The van der Waals surface area contributed by atoms with Crippen molar-refractivity contribution in [1.29, 1.82) is 0 Å². The van der Waals surface area contributed by atoms with Crippen molar-refractivity contribution in [1.82, 2.24) is 9.97 Å². The average Bonchev–Trinajstić information content (AvgIpc) is 2.75. The Bertz CT molecular complexity index is 951. The third-order valence-corrected chi connectivity index (χ3v) is 4.84. The predicted molar refractivity (Wildman–Crippen MR) is 118 cm³/mol. The summed E-state index contributed by atoms with van der Waals surface area (Å²) in [6, 6.07) is 17.6. The minimum absolute atomic E-state index is 0.262. The number of hydrogen-bond acceptors (Lipinski definition) is 5. The van der Waals surface area contributed by atoms with E-state index >= 15 is 0 Å². The fourth-order valence-electron chi connectivity index (χ4n) is 3.09. The molecule has 0 spiro atoms. The number of benzene rings is 2. The van der Waals surface area contributed by atoms with Gasteiger partial charge in [0, 0.05) is 37.2 Å². The van der Waals surface area contributed by atoms with Gasteiger partial charge in [0.25, 0.3) is 5.91 Å². The Morgan fingerprint density at radius 1 is 1.00 bits per heavy atom. The number of rotatable bonds is 8. The van der Waals surface area contributed by atoms with Crippen molar-refractivity contribution < 1.29 is 4.79 Å². The highest BCUT2D eigenvalue weighted by Gasteiger charge is 2.10. The van der Waals surface area contributed by atoms with Crippen molar-refractivity contribution in [3.63, 3.8) is 0 Å². The molecule has 6 heteroatoms. The molecule has 1 heterocycles. The van der Waals surface area contributed by atoms with E-state index < -0.39 is 0 Å². The molecule has 0 saturated heterocycles. The molecule has 0 unspecified atom stereocenters. The number of aryl methyl sites for hydroxylation is 1. The third-order valence-electron chi connectivity index (χ3n) is 4.84. The number of aromatic nitrogens is 2. The molecule has 6 nitrogen and oxygen atoms in total. The van der Waals surface area contributed by atoms with Crippen molar-refractivity contribution in [3.05, 3.63) is 77.6 Å². The molecule has 0 saturated carbocycles. The lowest BCUT2D eigenvalue weighted by molar-refractivity contribution is 0.102. The molecule has 3 aromatic rings. The summed E-state index contributed by atoms with van der Waals surface area (Å²) in [5.74, 6) is 0.166. The lowest BCUT2D eigenvalue weighted by Gasteiger charge is -2.21. The van der Waals surface area contributed by atoms with Crippen LogP contribution in [0.15, 0.2) is 60.8 Å². The Morgan fingerprint density at radius 3 is 2.41 bits per heavy atom. The van der Waals surface area contributed by atoms with E-state index in [2.05, 4.69) is 58.4 Å². The van der Waals surface area contributed by atoms with Crippen LogP contribution in [0.1, 0.15) is 35.5 Å². The van der Waals surface area contributed by atoms with Gasteiger partial charge in [-0.3, -0.25) is 4.79 Å². The van der Waals surface area contributed by atoms with Crippen LogP contribution in [0.25, 0.3) is 0 Å². The van der Waals surface area contributed by atoms with Crippen LogP contribution >= 0.6 is 0 Å². The number of hydrogen-bond donors (Lipinski definition) is 2. The summed E-state index contributed by atoms with van der Waals surface area (Å²) < 4.78 is 0. The summed E-state index contributed by atoms with van der Waals surface area (Å²) >= 11 is 0. The molecule has 0 aliphatic rings. The van der Waals surface area contributed by atoms with E-state index in [-0.39, 0.29) is 5.91 Å². The average molecular weight is 390 g/mol. The molecule has 0 aliphatic carbocycles. The van der Waals surface area contributed by atoms with E-state index in [9.17, 15) is 4.79 Å². The minimum Gasteiger partial charge on any atom is -0.372 e. The normalized spacial score (nSPS) is 10.4. The molecule has 0 aliphatic heterocycles. The first-order valence-electron chi connectivity index (χ1n) is 9.88. The minimum atomic E-state index is -0.262. The number of amides is 1. The molecule has 29 heavy (non-hydrogen) atoms. The summed E-state index contributed by atoms with van der Waals surface area (Å²) in [6.45, 7) is 8.80. The maximum absolute atomic E-state index is 12.6. The number of carbonyl (C=O) groups excluding carboxylic acids is 1. The first kappa shape index (κ1) is 20.3. The van der Waals surface area contributed by atoms with E-state index in [4.69, 9.17) is 0 Å². The lowest BCUT2D eigenvalue weighted by Crippen LogP contribution is -2.21. The summed E-state index contributed by atoms with van der Waals surface area (Å²) in [4.78, 5) is 23.4. The first-order chi connectivity index (χ1) is 14.1. The Balaban J connectivity index is 1.64. The number of nitrogens with one attached hydrogen (secondary N) is 2. The van der Waals surface area contributed by atoms with Crippen molar-refractivity contribution >= 4 is 23.2 Å². The van der Waals surface area contributed by atoms with Gasteiger partial charge in [0.2, 0.25) is 5.95 Å². The smallest absolute Gasteiger partial charge is 0.274 e. The van der Waals surface area contributed by atoms with Gasteiger partial charge < -0.3 is 15.5 Å². The Morgan fingerprint density at radius 2 is 1.72 bits per heavy atom. The summed E-state index contributed by atoms with van der Waals surface area (Å²) in [7, 11) is 0. The van der Waals surface area contributed by atoms with Gasteiger partial charge in [0.05, 0.1) is 0 Å². The van der Waals surface area contributed by atoms with Gasteiger partial charge in [0.1, 0.15) is 5.69 Å². The molecule has 150 valence electrons.